The van der Waals surface area contributed by atoms with Crippen LogP contribution >= 0.6 is 15.9 Å². The fraction of sp³-hybridized carbons (Fsp3) is 0.231. The fourth-order valence-corrected chi connectivity index (χ4v) is 1.84. The lowest BCUT2D eigenvalue weighted by atomic mass is 10.2. The number of halogens is 1. The molecule has 2 aromatic rings. The molecule has 0 saturated heterocycles. The summed E-state index contributed by atoms with van der Waals surface area (Å²) >= 11 is 3.19. The summed E-state index contributed by atoms with van der Waals surface area (Å²) in [7, 11) is 0. The summed E-state index contributed by atoms with van der Waals surface area (Å²) in [6.45, 7) is 4.57. The van der Waals surface area contributed by atoms with Crippen LogP contribution in [0.5, 0.6) is 0 Å². The molecular formula is C13H14BrN5O. The van der Waals surface area contributed by atoms with E-state index in [1.807, 2.05) is 19.9 Å². The van der Waals surface area contributed by atoms with Gasteiger partial charge in [0.25, 0.3) is 5.91 Å². The second-order valence-electron chi connectivity index (χ2n) is 4.08. The minimum atomic E-state index is -0.273. The molecule has 0 aliphatic rings. The minimum absolute atomic E-state index is 0.273. The molecule has 20 heavy (non-hydrogen) atoms. The van der Waals surface area contributed by atoms with E-state index in [4.69, 9.17) is 0 Å². The van der Waals surface area contributed by atoms with Crippen molar-refractivity contribution in [2.45, 2.75) is 13.8 Å². The number of aromatic nitrogens is 3. The van der Waals surface area contributed by atoms with Crippen molar-refractivity contribution in [3.63, 3.8) is 0 Å². The van der Waals surface area contributed by atoms with Crippen LogP contribution in [-0.2, 0) is 0 Å². The lowest BCUT2D eigenvalue weighted by Gasteiger charge is -2.11. The van der Waals surface area contributed by atoms with Crippen LogP contribution in [0.4, 0.5) is 11.5 Å². The van der Waals surface area contributed by atoms with Gasteiger partial charge in [0.15, 0.2) is 5.82 Å². The van der Waals surface area contributed by atoms with E-state index in [0.29, 0.717) is 16.0 Å². The Labute approximate surface area is 125 Å². The highest BCUT2D eigenvalue weighted by Gasteiger charge is 2.13. The summed E-state index contributed by atoms with van der Waals surface area (Å²) in [5, 5.41) is 5.84. The van der Waals surface area contributed by atoms with Gasteiger partial charge in [-0.15, -0.1) is 0 Å². The van der Waals surface area contributed by atoms with E-state index in [0.717, 1.165) is 17.9 Å². The SMILES string of the molecule is CCNc1cc(C)ncc1C(=O)Nc1cnc(Br)cn1. The average molecular weight is 336 g/mol. The molecule has 2 heterocycles. The van der Waals surface area contributed by atoms with E-state index >= 15 is 0 Å². The summed E-state index contributed by atoms with van der Waals surface area (Å²) in [5.41, 5.74) is 2.07. The fourth-order valence-electron chi connectivity index (χ4n) is 1.64. The third-order valence-electron chi connectivity index (χ3n) is 2.51. The maximum absolute atomic E-state index is 12.2. The second-order valence-corrected chi connectivity index (χ2v) is 4.89. The van der Waals surface area contributed by atoms with Gasteiger partial charge in [-0.1, -0.05) is 0 Å². The van der Waals surface area contributed by atoms with Gasteiger partial charge in [-0.3, -0.25) is 9.78 Å². The van der Waals surface area contributed by atoms with Gasteiger partial charge in [-0.25, -0.2) is 9.97 Å². The van der Waals surface area contributed by atoms with Crippen molar-refractivity contribution < 1.29 is 4.79 Å². The lowest BCUT2D eigenvalue weighted by molar-refractivity contribution is 0.102. The molecule has 0 aromatic carbocycles. The first-order valence-corrected chi connectivity index (χ1v) is 6.89. The maximum atomic E-state index is 12.2. The van der Waals surface area contributed by atoms with Gasteiger partial charge in [0, 0.05) is 18.4 Å². The Morgan fingerprint density at radius 2 is 2.05 bits per heavy atom. The van der Waals surface area contributed by atoms with Gasteiger partial charge >= 0.3 is 0 Å². The van der Waals surface area contributed by atoms with Crippen LogP contribution in [0.1, 0.15) is 23.0 Å². The van der Waals surface area contributed by atoms with Crippen LogP contribution in [0.3, 0.4) is 0 Å². The number of hydrogen-bond acceptors (Lipinski definition) is 5. The Kier molecular flexibility index (Phi) is 4.62. The van der Waals surface area contributed by atoms with Gasteiger partial charge < -0.3 is 10.6 Å². The molecule has 6 nitrogen and oxygen atoms in total. The molecule has 2 rings (SSSR count). The van der Waals surface area contributed by atoms with Crippen LogP contribution in [0.15, 0.2) is 29.3 Å². The maximum Gasteiger partial charge on any atom is 0.260 e. The molecule has 1 amide bonds. The number of rotatable bonds is 4. The summed E-state index contributed by atoms with van der Waals surface area (Å²) in [6.07, 6.45) is 4.56. The van der Waals surface area contributed by atoms with E-state index in [1.165, 1.54) is 12.4 Å². The number of amides is 1. The zero-order chi connectivity index (χ0) is 14.5. The third-order valence-corrected chi connectivity index (χ3v) is 2.92. The number of carbonyl (C=O) groups excluding carboxylic acids is 1. The molecule has 7 heteroatoms. The Balaban J connectivity index is 2.22. The number of carbonyl (C=O) groups is 1. The van der Waals surface area contributed by atoms with Crippen molar-refractivity contribution in [1.29, 1.82) is 0 Å². The number of pyridine rings is 1. The van der Waals surface area contributed by atoms with Gasteiger partial charge in [0.2, 0.25) is 0 Å². The highest BCUT2D eigenvalue weighted by Crippen LogP contribution is 2.17. The standard InChI is InChI=1S/C13H14BrN5O/c1-3-15-10-4-8(2)16-5-9(10)13(20)19-12-7-17-11(14)6-18-12/h4-7H,3H2,1-2H3,(H,15,16)(H,18,19,20). The lowest BCUT2D eigenvalue weighted by Crippen LogP contribution is -2.16. The van der Waals surface area contributed by atoms with Gasteiger partial charge in [0.05, 0.1) is 23.6 Å². The average Bonchev–Trinajstić information content (AvgIpc) is 2.42. The number of aryl methyl sites for hydroxylation is 1. The quantitative estimate of drug-likeness (QED) is 0.897. The topological polar surface area (TPSA) is 79.8 Å². The van der Waals surface area contributed by atoms with E-state index in [1.54, 1.807) is 6.20 Å². The molecular weight excluding hydrogens is 322 g/mol. The number of hydrogen-bond donors (Lipinski definition) is 2. The van der Waals surface area contributed by atoms with Crippen LogP contribution in [0.2, 0.25) is 0 Å². The Bertz CT molecular complexity index is 615. The van der Waals surface area contributed by atoms with Crippen LogP contribution in [-0.4, -0.2) is 27.4 Å². The molecule has 0 aliphatic carbocycles. The van der Waals surface area contributed by atoms with Crippen molar-refractivity contribution in [2.24, 2.45) is 0 Å². The van der Waals surface area contributed by atoms with E-state index in [2.05, 4.69) is 41.5 Å². The predicted molar refractivity (Wildman–Crippen MR) is 80.8 cm³/mol. The highest BCUT2D eigenvalue weighted by molar-refractivity contribution is 9.10. The molecule has 0 unspecified atom stereocenters. The van der Waals surface area contributed by atoms with Crippen LogP contribution in [0.25, 0.3) is 0 Å². The Morgan fingerprint density at radius 1 is 1.25 bits per heavy atom. The smallest absolute Gasteiger partial charge is 0.260 e. The molecule has 2 N–H and O–H groups in total. The first-order chi connectivity index (χ1) is 9.60. The molecule has 104 valence electrons. The molecule has 0 fully saturated rings. The number of anilines is 2. The largest absolute Gasteiger partial charge is 0.385 e. The molecule has 0 atom stereocenters. The molecule has 0 aliphatic heterocycles. The summed E-state index contributed by atoms with van der Waals surface area (Å²) in [5.74, 6) is 0.117. The van der Waals surface area contributed by atoms with Gasteiger partial charge in [-0.2, -0.15) is 0 Å². The van der Waals surface area contributed by atoms with E-state index in [-0.39, 0.29) is 5.91 Å². The molecule has 0 bridgehead atoms. The minimum Gasteiger partial charge on any atom is -0.385 e. The predicted octanol–water partition coefficient (Wildman–Crippen LogP) is 2.63. The first-order valence-electron chi connectivity index (χ1n) is 6.09. The Hall–Kier alpha value is -2.02. The van der Waals surface area contributed by atoms with Crippen molar-refractivity contribution in [2.75, 3.05) is 17.2 Å². The van der Waals surface area contributed by atoms with Crippen molar-refractivity contribution >= 4 is 33.3 Å². The van der Waals surface area contributed by atoms with Gasteiger partial charge in [0.1, 0.15) is 4.60 Å². The Morgan fingerprint density at radius 3 is 2.70 bits per heavy atom. The van der Waals surface area contributed by atoms with E-state index < -0.39 is 0 Å². The zero-order valence-corrected chi connectivity index (χ0v) is 12.7. The van der Waals surface area contributed by atoms with Crippen molar-refractivity contribution in [3.05, 3.63) is 40.5 Å². The van der Waals surface area contributed by atoms with Crippen molar-refractivity contribution in [3.8, 4) is 0 Å². The van der Waals surface area contributed by atoms with Crippen molar-refractivity contribution in [1.82, 2.24) is 15.0 Å². The summed E-state index contributed by atoms with van der Waals surface area (Å²) in [4.78, 5) is 24.5. The molecule has 2 aromatic heterocycles. The summed E-state index contributed by atoms with van der Waals surface area (Å²) < 4.78 is 0.612. The van der Waals surface area contributed by atoms with Crippen LogP contribution < -0.4 is 10.6 Å². The first kappa shape index (κ1) is 14.4. The summed E-state index contributed by atoms with van der Waals surface area (Å²) in [6, 6.07) is 1.84. The van der Waals surface area contributed by atoms with Crippen LogP contribution in [0, 0.1) is 6.92 Å². The van der Waals surface area contributed by atoms with E-state index in [9.17, 15) is 4.79 Å². The van der Waals surface area contributed by atoms with Gasteiger partial charge in [-0.05, 0) is 35.8 Å². The third kappa shape index (κ3) is 3.51. The molecule has 0 radical (unpaired) electrons. The molecule has 0 spiro atoms. The number of nitrogens with zero attached hydrogens (tertiary/aromatic N) is 3. The highest BCUT2D eigenvalue weighted by atomic mass is 79.9. The number of nitrogens with one attached hydrogen (secondary N) is 2. The second kappa shape index (κ2) is 6.42. The zero-order valence-electron chi connectivity index (χ0n) is 11.1. The molecule has 0 saturated carbocycles. The normalized spacial score (nSPS) is 10.2. The monoisotopic (exact) mass is 335 g/mol.